The quantitative estimate of drug-likeness (QED) is 0.507. The number of carbonyl (C=O) groups is 1. The number of nitrogens with two attached hydrogens (primary N) is 1. The van der Waals surface area contributed by atoms with E-state index in [1.165, 1.54) is 17.0 Å². The van der Waals surface area contributed by atoms with E-state index in [1.807, 2.05) is 35.3 Å². The third-order valence-electron chi connectivity index (χ3n) is 4.76. The van der Waals surface area contributed by atoms with Gasteiger partial charge >= 0.3 is 5.69 Å². The largest absolute Gasteiger partial charge is 0.336 e. The van der Waals surface area contributed by atoms with E-state index in [1.54, 1.807) is 12.1 Å². The second kappa shape index (κ2) is 9.71. The van der Waals surface area contributed by atoms with Crippen molar-refractivity contribution in [2.45, 2.75) is 24.4 Å². The molecule has 0 aliphatic carbocycles. The highest BCUT2D eigenvalue weighted by molar-refractivity contribution is 7.89. The summed E-state index contributed by atoms with van der Waals surface area (Å²) in [7, 11) is -3.80. The number of hydrogen-bond donors (Lipinski definition) is 2. The topological polar surface area (TPSA) is 135 Å². The van der Waals surface area contributed by atoms with Crippen LogP contribution in [0, 0.1) is 5.82 Å². The molecule has 0 aliphatic heterocycles. The minimum absolute atomic E-state index is 0.0158. The zero-order chi connectivity index (χ0) is 23.3. The number of carbonyl (C=O) groups excluding carboxylic acids is 1. The van der Waals surface area contributed by atoms with Crippen LogP contribution in [0.1, 0.15) is 11.1 Å². The molecule has 0 atom stereocenters. The van der Waals surface area contributed by atoms with Gasteiger partial charge in [0.15, 0.2) is 0 Å². The summed E-state index contributed by atoms with van der Waals surface area (Å²) in [6.45, 7) is 0.0439. The van der Waals surface area contributed by atoms with E-state index in [9.17, 15) is 27.2 Å². The Kier molecular flexibility index (Phi) is 7.01. The van der Waals surface area contributed by atoms with Gasteiger partial charge < -0.3 is 4.90 Å². The number of sulfonamides is 1. The fourth-order valence-corrected chi connectivity index (χ4v) is 3.57. The van der Waals surface area contributed by atoms with Gasteiger partial charge in [-0.15, -0.1) is 0 Å². The summed E-state index contributed by atoms with van der Waals surface area (Å²) in [6, 6.07) is 15.1. The number of rotatable bonds is 8. The third kappa shape index (κ3) is 5.99. The lowest BCUT2D eigenvalue weighted by Gasteiger charge is -2.23. The van der Waals surface area contributed by atoms with E-state index in [0.717, 1.165) is 15.7 Å². The SMILES string of the molecule is NS(=O)(=O)c1ccc(CCN(Cc2ccccc2)C(=O)Cn2cc(F)c(=O)[nH]c2=O)cc1. The van der Waals surface area contributed by atoms with Crippen molar-refractivity contribution in [3.05, 3.63) is 98.6 Å². The van der Waals surface area contributed by atoms with Gasteiger partial charge in [0.25, 0.3) is 5.56 Å². The third-order valence-corrected chi connectivity index (χ3v) is 5.69. The van der Waals surface area contributed by atoms with Crippen molar-refractivity contribution in [2.75, 3.05) is 6.54 Å². The molecule has 0 radical (unpaired) electrons. The molecular weight excluding hydrogens is 439 g/mol. The van der Waals surface area contributed by atoms with Gasteiger partial charge in [-0.3, -0.25) is 19.1 Å². The number of aromatic nitrogens is 2. The smallest absolute Gasteiger partial charge is 0.328 e. The molecule has 2 aromatic carbocycles. The minimum atomic E-state index is -3.80. The molecule has 0 aliphatic rings. The molecule has 1 aromatic heterocycles. The second-order valence-electron chi connectivity index (χ2n) is 7.10. The van der Waals surface area contributed by atoms with E-state index in [2.05, 4.69) is 0 Å². The van der Waals surface area contributed by atoms with Crippen LogP contribution in [-0.2, 0) is 34.3 Å². The van der Waals surface area contributed by atoms with Gasteiger partial charge in [-0.25, -0.2) is 18.4 Å². The molecule has 32 heavy (non-hydrogen) atoms. The lowest BCUT2D eigenvalue weighted by Crippen LogP contribution is -2.39. The summed E-state index contributed by atoms with van der Waals surface area (Å²) in [5.74, 6) is -1.62. The van der Waals surface area contributed by atoms with Gasteiger partial charge in [0, 0.05) is 13.1 Å². The Bertz CT molecular complexity index is 1320. The van der Waals surface area contributed by atoms with Gasteiger partial charge in [-0.2, -0.15) is 4.39 Å². The van der Waals surface area contributed by atoms with Crippen molar-refractivity contribution in [2.24, 2.45) is 5.14 Å². The number of aromatic amines is 1. The highest BCUT2D eigenvalue weighted by Crippen LogP contribution is 2.12. The van der Waals surface area contributed by atoms with Crippen LogP contribution in [-0.4, -0.2) is 35.3 Å². The molecule has 11 heteroatoms. The summed E-state index contributed by atoms with van der Waals surface area (Å²) in [6.07, 6.45) is 1.10. The lowest BCUT2D eigenvalue weighted by atomic mass is 10.1. The zero-order valence-corrected chi connectivity index (χ0v) is 17.7. The first kappa shape index (κ1) is 23.1. The molecule has 1 heterocycles. The van der Waals surface area contributed by atoms with Crippen LogP contribution in [0.25, 0.3) is 0 Å². The summed E-state index contributed by atoms with van der Waals surface area (Å²) in [5.41, 5.74) is -0.410. The van der Waals surface area contributed by atoms with Crippen LogP contribution in [0.2, 0.25) is 0 Å². The monoisotopic (exact) mass is 460 g/mol. The van der Waals surface area contributed by atoms with Crippen LogP contribution >= 0.6 is 0 Å². The summed E-state index contributed by atoms with van der Waals surface area (Å²) in [5, 5.41) is 5.10. The fraction of sp³-hybridized carbons (Fsp3) is 0.190. The fourth-order valence-electron chi connectivity index (χ4n) is 3.05. The van der Waals surface area contributed by atoms with Crippen molar-refractivity contribution >= 4 is 15.9 Å². The summed E-state index contributed by atoms with van der Waals surface area (Å²) >= 11 is 0. The van der Waals surface area contributed by atoms with E-state index in [-0.39, 0.29) is 18.0 Å². The molecule has 0 fully saturated rings. The van der Waals surface area contributed by atoms with Crippen LogP contribution in [0.4, 0.5) is 4.39 Å². The minimum Gasteiger partial charge on any atom is -0.336 e. The van der Waals surface area contributed by atoms with Crippen molar-refractivity contribution in [1.29, 1.82) is 0 Å². The first-order chi connectivity index (χ1) is 15.1. The van der Waals surface area contributed by atoms with Crippen LogP contribution < -0.4 is 16.4 Å². The predicted molar refractivity (Wildman–Crippen MR) is 115 cm³/mol. The average molecular weight is 460 g/mol. The van der Waals surface area contributed by atoms with E-state index in [0.29, 0.717) is 12.6 Å². The first-order valence-electron chi connectivity index (χ1n) is 9.56. The Balaban J connectivity index is 1.78. The Labute approximate surface area is 183 Å². The van der Waals surface area contributed by atoms with Crippen molar-refractivity contribution in [1.82, 2.24) is 14.5 Å². The molecule has 3 N–H and O–H groups in total. The van der Waals surface area contributed by atoms with Crippen molar-refractivity contribution < 1.29 is 17.6 Å². The first-order valence-corrected chi connectivity index (χ1v) is 11.1. The molecule has 0 saturated heterocycles. The Hall–Kier alpha value is -3.57. The lowest BCUT2D eigenvalue weighted by molar-refractivity contribution is -0.132. The number of primary sulfonamides is 1. The van der Waals surface area contributed by atoms with E-state index >= 15 is 0 Å². The van der Waals surface area contributed by atoms with Crippen molar-refractivity contribution in [3.8, 4) is 0 Å². The van der Waals surface area contributed by atoms with Gasteiger partial charge in [-0.05, 0) is 29.7 Å². The van der Waals surface area contributed by atoms with Crippen molar-refractivity contribution in [3.63, 3.8) is 0 Å². The molecule has 0 saturated carbocycles. The molecule has 3 aromatic rings. The number of benzene rings is 2. The number of amides is 1. The molecule has 0 spiro atoms. The highest BCUT2D eigenvalue weighted by atomic mass is 32.2. The highest BCUT2D eigenvalue weighted by Gasteiger charge is 2.17. The normalized spacial score (nSPS) is 11.3. The number of nitrogens with zero attached hydrogens (tertiary/aromatic N) is 2. The standard InChI is InChI=1S/C21H21FN4O5S/c22-18-13-26(21(29)24-20(18)28)14-19(27)25(12-16-4-2-1-3-5-16)11-10-15-6-8-17(9-7-15)32(23,30)31/h1-9,13H,10-12,14H2,(H2,23,30,31)(H,24,28,29). The molecule has 1 amide bonds. The molecule has 3 rings (SSSR count). The predicted octanol–water partition coefficient (Wildman–Crippen LogP) is 0.595. The maximum absolute atomic E-state index is 13.6. The van der Waals surface area contributed by atoms with E-state index < -0.39 is 39.5 Å². The van der Waals surface area contributed by atoms with E-state index in [4.69, 9.17) is 5.14 Å². The molecule has 0 unspecified atom stereocenters. The molecule has 168 valence electrons. The molecule has 0 bridgehead atoms. The van der Waals surface area contributed by atoms with Crippen LogP contribution in [0.15, 0.2) is 75.3 Å². The summed E-state index contributed by atoms with van der Waals surface area (Å²) in [4.78, 5) is 39.4. The van der Waals surface area contributed by atoms with Gasteiger partial charge in [0.2, 0.25) is 21.7 Å². The van der Waals surface area contributed by atoms with Crippen LogP contribution in [0.3, 0.4) is 0 Å². The Morgan fingerprint density at radius 2 is 1.69 bits per heavy atom. The average Bonchev–Trinajstić information content (AvgIpc) is 2.75. The zero-order valence-electron chi connectivity index (χ0n) is 16.9. The van der Waals surface area contributed by atoms with Gasteiger partial charge in [0.05, 0.1) is 11.1 Å². The molecule has 9 nitrogen and oxygen atoms in total. The number of nitrogens with one attached hydrogen (secondary N) is 1. The maximum Gasteiger partial charge on any atom is 0.328 e. The Morgan fingerprint density at radius 1 is 1.03 bits per heavy atom. The maximum atomic E-state index is 13.6. The number of H-pyrrole nitrogens is 1. The number of hydrogen-bond acceptors (Lipinski definition) is 5. The number of halogens is 1. The summed E-state index contributed by atoms with van der Waals surface area (Å²) < 4.78 is 37.2. The van der Waals surface area contributed by atoms with Gasteiger partial charge in [-0.1, -0.05) is 42.5 Å². The Morgan fingerprint density at radius 3 is 2.31 bits per heavy atom. The van der Waals surface area contributed by atoms with Gasteiger partial charge in [0.1, 0.15) is 6.54 Å². The second-order valence-corrected chi connectivity index (χ2v) is 8.67. The molecular formula is C21H21FN4O5S. The van der Waals surface area contributed by atoms with Crippen LogP contribution in [0.5, 0.6) is 0 Å².